The average molecular weight is 1070 g/mol. The fourth-order valence-electron chi connectivity index (χ4n) is 12.4. The highest BCUT2D eigenvalue weighted by molar-refractivity contribution is 6.31. The highest BCUT2D eigenvalue weighted by atomic mass is 35.5. The van der Waals surface area contributed by atoms with Crippen LogP contribution < -0.4 is 0 Å². The zero-order valence-electron chi connectivity index (χ0n) is 44.4. The lowest BCUT2D eigenvalue weighted by Crippen LogP contribution is -1.96. The molecule has 18 aromatic rings. The number of benzene rings is 12. The third-order valence-corrected chi connectivity index (χ3v) is 16.1. The van der Waals surface area contributed by atoms with Crippen molar-refractivity contribution in [2.75, 3.05) is 0 Å². The van der Waals surface area contributed by atoms with Gasteiger partial charge in [0.25, 0.3) is 0 Å². The van der Waals surface area contributed by atoms with Crippen LogP contribution in [-0.2, 0) is 0 Å². The molecule has 0 saturated heterocycles. The molecule has 0 atom stereocenters. The van der Waals surface area contributed by atoms with Crippen LogP contribution in [-0.4, -0.2) is 38.6 Å². The molecule has 0 aliphatic rings. The fourth-order valence-corrected chi connectivity index (χ4v) is 12.6. The van der Waals surface area contributed by atoms with E-state index in [2.05, 4.69) is 263 Å². The van der Waals surface area contributed by atoms with Gasteiger partial charge in [0.2, 0.25) is 0 Å². The van der Waals surface area contributed by atoms with Gasteiger partial charge in [-0.1, -0.05) is 145 Å². The predicted molar refractivity (Wildman–Crippen MR) is 344 cm³/mol. The molecular formula is C73H48ClN8-. The normalized spacial score (nSPS) is 11.6. The molecule has 0 aliphatic carbocycles. The lowest BCUT2D eigenvalue weighted by molar-refractivity contribution is 1.16. The second-order valence-electron chi connectivity index (χ2n) is 20.4. The summed E-state index contributed by atoms with van der Waals surface area (Å²) in [6.45, 7) is 0. The summed E-state index contributed by atoms with van der Waals surface area (Å²) in [4.78, 5) is 20.9. The predicted octanol–water partition coefficient (Wildman–Crippen LogP) is 19.3. The van der Waals surface area contributed by atoms with Gasteiger partial charge in [-0.3, -0.25) is 19.9 Å². The average Bonchev–Trinajstić information content (AvgIpc) is 3.03. The monoisotopic (exact) mass is 1070 g/mol. The summed E-state index contributed by atoms with van der Waals surface area (Å²) in [7, 11) is 0. The number of fused-ring (bicyclic) bond motifs is 18. The van der Waals surface area contributed by atoms with Crippen molar-refractivity contribution in [3.63, 3.8) is 0 Å². The largest absolute Gasteiger partial charge is 0.358 e. The number of hydrogen-bond acceptors (Lipinski definition) is 4. The number of nitrogens with one attached hydrogen (secondary N) is 1. The summed E-state index contributed by atoms with van der Waals surface area (Å²) in [5.74, 6) is 0. The summed E-state index contributed by atoms with van der Waals surface area (Å²) in [5, 5.41) is 16.0. The van der Waals surface area contributed by atoms with E-state index in [-0.39, 0.29) is 7.43 Å². The van der Waals surface area contributed by atoms with Crippen LogP contribution in [0.5, 0.6) is 0 Å². The van der Waals surface area contributed by atoms with Gasteiger partial charge >= 0.3 is 0 Å². The molecule has 0 fully saturated rings. The van der Waals surface area contributed by atoms with Crippen LogP contribution in [0.4, 0.5) is 0 Å². The van der Waals surface area contributed by atoms with E-state index in [1.807, 2.05) is 6.07 Å². The van der Waals surface area contributed by atoms with Crippen LogP contribution >= 0.6 is 11.6 Å². The molecule has 8 nitrogen and oxygen atoms in total. The Balaban J connectivity index is 0.000000120. The summed E-state index contributed by atoms with van der Waals surface area (Å²) >= 11 is 5.75. The summed E-state index contributed by atoms with van der Waals surface area (Å²) in [5.41, 5.74) is 16.5. The number of nitrogens with zero attached hydrogens (tertiary/aromatic N) is 7. The molecule has 0 radical (unpaired) electrons. The highest BCUT2D eigenvalue weighted by Crippen LogP contribution is 2.43. The summed E-state index contributed by atoms with van der Waals surface area (Å²) in [6.07, 6.45) is 6.81. The Morgan fingerprint density at radius 2 is 0.756 bits per heavy atom. The minimum Gasteiger partial charge on any atom is -0.358 e. The molecular weight excluding hydrogens is 1020 g/mol. The van der Waals surface area contributed by atoms with Crippen LogP contribution in [0.25, 0.3) is 148 Å². The molecule has 0 spiro atoms. The van der Waals surface area contributed by atoms with Crippen molar-refractivity contribution in [2.45, 2.75) is 0 Å². The molecule has 388 valence electrons. The van der Waals surface area contributed by atoms with Crippen molar-refractivity contribution in [3.8, 4) is 17.1 Å². The fraction of sp³-hybridized carbons (Fsp3) is 0. The standard InChI is InChI=1S/C36H22N4.C28H18N2.C8H5ClN2.CH3/c1-2-9-24(10-3-1)39-33-17-14-23-8-4-5-11-26(23)36(33)29-21-28-27-12-6-7-13-32(27)40(34(28)22-35(29)39)25-15-16-30-31(20-25)38-19-18-37-30;1-2-9-19(10-3-1)30-26-15-14-18-8-4-5-11-20(18)28(26)23-16-22-21-12-6-7-13-24(21)29-25(22)17-27(23)30;9-6-1-2-7-8(5-6)11-4-3-10-7;/h1-22H;1-17,29H;1-5H;1H3/q;;;-1. The zero-order valence-corrected chi connectivity index (χ0v) is 45.2. The molecule has 0 saturated carbocycles. The van der Waals surface area contributed by atoms with E-state index in [9.17, 15) is 0 Å². The van der Waals surface area contributed by atoms with E-state index in [4.69, 9.17) is 11.6 Å². The van der Waals surface area contributed by atoms with Gasteiger partial charge in [0.1, 0.15) is 0 Å². The number of aromatic nitrogens is 8. The quantitative estimate of drug-likeness (QED) is 0.179. The van der Waals surface area contributed by atoms with Gasteiger partial charge in [0.05, 0.1) is 55.2 Å². The number of H-pyrrole nitrogens is 1. The van der Waals surface area contributed by atoms with Gasteiger partial charge in [-0.2, -0.15) is 0 Å². The first kappa shape index (κ1) is 48.5. The number of hydrogen-bond donors (Lipinski definition) is 1. The maximum atomic E-state index is 5.75. The van der Waals surface area contributed by atoms with Crippen molar-refractivity contribution in [1.29, 1.82) is 0 Å². The first-order valence-electron chi connectivity index (χ1n) is 27.0. The van der Waals surface area contributed by atoms with Crippen molar-refractivity contribution in [3.05, 3.63) is 280 Å². The molecule has 9 heteroatoms. The number of aromatic amines is 1. The second-order valence-corrected chi connectivity index (χ2v) is 20.9. The van der Waals surface area contributed by atoms with E-state index in [1.165, 1.54) is 114 Å². The van der Waals surface area contributed by atoms with Crippen molar-refractivity contribution in [1.82, 2.24) is 38.6 Å². The third-order valence-electron chi connectivity index (χ3n) is 15.9. The Kier molecular flexibility index (Phi) is 11.6. The molecule has 12 aromatic carbocycles. The third kappa shape index (κ3) is 7.83. The maximum absolute atomic E-state index is 5.75. The highest BCUT2D eigenvalue weighted by Gasteiger charge is 2.21. The molecule has 82 heavy (non-hydrogen) atoms. The van der Waals surface area contributed by atoms with E-state index < -0.39 is 0 Å². The van der Waals surface area contributed by atoms with E-state index in [0.717, 1.165) is 33.4 Å². The Morgan fingerprint density at radius 1 is 0.280 bits per heavy atom. The van der Waals surface area contributed by atoms with Crippen LogP contribution in [0.15, 0.2) is 267 Å². The molecule has 0 amide bonds. The molecule has 0 unspecified atom stereocenters. The SMILES string of the molecule is Clc1ccc2nccnc2c1.[CH3-].c1ccc(-n2c3cc4[nH]c5ccccc5c4cc3c3c4ccccc4ccc32)cc1.c1ccc(-n2c3cc4c(cc3c3c5ccccc5ccc32)c2ccccc2n4-c2ccc3nccnc3c2)cc1. The van der Waals surface area contributed by atoms with Gasteiger partial charge in [0.15, 0.2) is 0 Å². The lowest BCUT2D eigenvalue weighted by atomic mass is 10.0. The topological polar surface area (TPSA) is 82.1 Å². The molecule has 6 heterocycles. The van der Waals surface area contributed by atoms with Crippen molar-refractivity contribution >= 4 is 142 Å². The second kappa shape index (κ2) is 19.6. The molecule has 0 bridgehead atoms. The smallest absolute Gasteiger partial charge is 0.0907 e. The van der Waals surface area contributed by atoms with E-state index in [0.29, 0.717) is 5.02 Å². The van der Waals surface area contributed by atoms with Crippen molar-refractivity contribution < 1.29 is 0 Å². The van der Waals surface area contributed by atoms with Crippen LogP contribution in [0, 0.1) is 7.43 Å². The Labute approximate surface area is 475 Å². The summed E-state index contributed by atoms with van der Waals surface area (Å²) in [6, 6.07) is 86.2. The van der Waals surface area contributed by atoms with Crippen molar-refractivity contribution in [2.24, 2.45) is 0 Å². The lowest BCUT2D eigenvalue weighted by Gasteiger charge is -2.10. The molecule has 6 aromatic heterocycles. The summed E-state index contributed by atoms with van der Waals surface area (Å²) < 4.78 is 7.16. The van der Waals surface area contributed by atoms with Crippen LogP contribution in [0.1, 0.15) is 0 Å². The first-order chi connectivity index (χ1) is 40.1. The van der Waals surface area contributed by atoms with Crippen LogP contribution in [0.2, 0.25) is 5.02 Å². The Hall–Kier alpha value is -10.7. The Morgan fingerprint density at radius 3 is 1.39 bits per heavy atom. The minimum atomic E-state index is 0. The Bertz CT molecular complexity index is 5500. The molecule has 0 aliphatic heterocycles. The number of halogens is 1. The maximum Gasteiger partial charge on any atom is 0.0907 e. The number of rotatable bonds is 3. The van der Waals surface area contributed by atoms with E-state index in [1.54, 1.807) is 36.9 Å². The van der Waals surface area contributed by atoms with Gasteiger partial charge in [0, 0.05) is 101 Å². The number of para-hydroxylation sites is 4. The molecule has 1 N–H and O–H groups in total. The van der Waals surface area contributed by atoms with E-state index >= 15 is 0 Å². The molecule has 18 rings (SSSR count). The van der Waals surface area contributed by atoms with Crippen LogP contribution in [0.3, 0.4) is 0 Å². The van der Waals surface area contributed by atoms with Gasteiger partial charge < -0.3 is 26.1 Å². The van der Waals surface area contributed by atoms with Gasteiger partial charge in [-0.15, -0.1) is 0 Å². The van der Waals surface area contributed by atoms with Gasteiger partial charge in [-0.25, -0.2) is 0 Å². The zero-order chi connectivity index (χ0) is 53.5. The first-order valence-corrected chi connectivity index (χ1v) is 27.4. The minimum absolute atomic E-state index is 0. The van der Waals surface area contributed by atoms with Gasteiger partial charge in [-0.05, 0) is 131 Å².